The van der Waals surface area contributed by atoms with Crippen LogP contribution in [0.25, 0.3) is 120 Å². The fourth-order valence-electron chi connectivity index (χ4n) is 9.86. The quantitative estimate of drug-likeness (QED) is 0.170. The summed E-state index contributed by atoms with van der Waals surface area (Å²) in [6.45, 7) is 0. The first-order chi connectivity index (χ1) is 31.7. The molecule has 0 bridgehead atoms. The Morgan fingerprint density at radius 3 is 1.80 bits per heavy atom. The molecule has 0 spiro atoms. The average Bonchev–Trinajstić information content (AvgIpc) is 4.02. The average molecular weight is 836 g/mol. The van der Waals surface area contributed by atoms with E-state index in [1.165, 1.54) is 47.4 Å². The molecule has 0 fully saturated rings. The maximum Gasteiger partial charge on any atom is 0.161 e. The van der Waals surface area contributed by atoms with E-state index >= 15 is 0 Å². The molecule has 0 aliphatic heterocycles. The molecule has 0 aliphatic carbocycles. The Bertz CT molecular complexity index is 3970. The molecule has 0 unspecified atom stereocenters. The molecule has 0 saturated carbocycles. The zero-order chi connectivity index (χ0) is 42.3. The summed E-state index contributed by atoms with van der Waals surface area (Å²) in [7, 11) is 0. The third-order valence-electron chi connectivity index (χ3n) is 12.7. The summed E-state index contributed by atoms with van der Waals surface area (Å²) in [5.74, 6) is 0.658. The zero-order valence-electron chi connectivity index (χ0n) is 34.5. The first kappa shape index (κ1) is 36.3. The van der Waals surface area contributed by atoms with Gasteiger partial charge in [-0.3, -0.25) is 0 Å². The van der Waals surface area contributed by atoms with Crippen LogP contribution in [0.4, 0.5) is 5.69 Å². The van der Waals surface area contributed by atoms with E-state index in [1.54, 1.807) is 0 Å². The summed E-state index contributed by atoms with van der Waals surface area (Å²) in [4.78, 5) is 10.5. The normalized spacial score (nSPS) is 11.8. The van der Waals surface area contributed by atoms with Crippen LogP contribution in [-0.2, 0) is 0 Å². The molecule has 6 heteroatoms. The molecule has 0 atom stereocenters. The van der Waals surface area contributed by atoms with Crippen LogP contribution >= 0.6 is 11.3 Å². The lowest BCUT2D eigenvalue weighted by atomic mass is 9.98. The van der Waals surface area contributed by atoms with Crippen LogP contribution in [0.5, 0.6) is 0 Å². The van der Waals surface area contributed by atoms with Crippen LogP contribution in [0.15, 0.2) is 212 Å². The Hall–Kier alpha value is -8.32. The Labute approximate surface area is 372 Å². The van der Waals surface area contributed by atoms with Crippen molar-refractivity contribution in [2.24, 2.45) is 0 Å². The first-order valence-electron chi connectivity index (χ1n) is 21.5. The largest absolute Gasteiger partial charge is 0.397 e. The number of hydrogen-bond acceptors (Lipinski definition) is 4. The fourth-order valence-corrected chi connectivity index (χ4v) is 11.1. The summed E-state index contributed by atoms with van der Waals surface area (Å²) in [5, 5.41) is 7.31. The number of para-hydroxylation sites is 2. The smallest absolute Gasteiger partial charge is 0.161 e. The predicted octanol–water partition coefficient (Wildman–Crippen LogP) is 15.3. The molecular formula is C58H37N5S. The second kappa shape index (κ2) is 14.4. The summed E-state index contributed by atoms with van der Waals surface area (Å²) in [5.41, 5.74) is 21.3. The fraction of sp³-hybridized carbons (Fsp3) is 0. The lowest BCUT2D eigenvalue weighted by Crippen LogP contribution is -2.02. The van der Waals surface area contributed by atoms with E-state index in [0.29, 0.717) is 11.5 Å². The van der Waals surface area contributed by atoms with E-state index in [-0.39, 0.29) is 0 Å². The van der Waals surface area contributed by atoms with Crippen molar-refractivity contribution in [3.63, 3.8) is 0 Å². The van der Waals surface area contributed by atoms with Crippen molar-refractivity contribution >= 4 is 80.8 Å². The molecule has 0 saturated heterocycles. The zero-order valence-corrected chi connectivity index (χ0v) is 35.3. The number of benzene rings is 9. The van der Waals surface area contributed by atoms with Crippen LogP contribution in [-0.4, -0.2) is 19.1 Å². The maximum atomic E-state index is 7.31. The predicted molar refractivity (Wildman–Crippen MR) is 270 cm³/mol. The summed E-state index contributed by atoms with van der Waals surface area (Å²) in [6, 6.07) is 75.1. The molecule has 0 amide bonds. The Balaban J connectivity index is 1.03. The molecule has 64 heavy (non-hydrogen) atoms. The molecular weight excluding hydrogens is 799 g/mol. The highest BCUT2D eigenvalue weighted by molar-refractivity contribution is 7.26. The minimum Gasteiger partial charge on any atom is -0.397 e. The van der Waals surface area contributed by atoms with Gasteiger partial charge in [-0.2, -0.15) is 0 Å². The monoisotopic (exact) mass is 835 g/mol. The van der Waals surface area contributed by atoms with E-state index in [0.717, 1.165) is 67.0 Å². The second-order valence-electron chi connectivity index (χ2n) is 16.3. The van der Waals surface area contributed by atoms with E-state index in [9.17, 15) is 0 Å². The van der Waals surface area contributed by atoms with Crippen molar-refractivity contribution in [1.82, 2.24) is 19.1 Å². The number of rotatable bonds is 6. The topological polar surface area (TPSA) is 61.7 Å². The van der Waals surface area contributed by atoms with Gasteiger partial charge in [0.2, 0.25) is 0 Å². The number of fused-ring (bicyclic) bond motifs is 10. The second-order valence-corrected chi connectivity index (χ2v) is 17.4. The first-order valence-corrected chi connectivity index (χ1v) is 22.4. The molecule has 4 aromatic heterocycles. The summed E-state index contributed by atoms with van der Waals surface area (Å²) >= 11 is 1.86. The third kappa shape index (κ3) is 5.56. The van der Waals surface area contributed by atoms with Crippen molar-refractivity contribution in [2.45, 2.75) is 0 Å². The van der Waals surface area contributed by atoms with Gasteiger partial charge in [0.15, 0.2) is 5.82 Å². The van der Waals surface area contributed by atoms with Gasteiger partial charge in [0.05, 0.1) is 55.2 Å². The Kier molecular flexibility index (Phi) is 8.17. The minimum atomic E-state index is 0.655. The Morgan fingerprint density at radius 1 is 0.391 bits per heavy atom. The molecule has 0 radical (unpaired) electrons. The van der Waals surface area contributed by atoms with E-state index in [2.05, 4.69) is 197 Å². The highest BCUT2D eigenvalue weighted by Gasteiger charge is 2.23. The highest BCUT2D eigenvalue weighted by atomic mass is 32.1. The van der Waals surface area contributed by atoms with Gasteiger partial charge in [0.1, 0.15) is 0 Å². The van der Waals surface area contributed by atoms with Crippen molar-refractivity contribution < 1.29 is 0 Å². The van der Waals surface area contributed by atoms with Crippen LogP contribution in [0.3, 0.4) is 0 Å². The van der Waals surface area contributed by atoms with Gasteiger partial charge in [-0.25, -0.2) is 9.97 Å². The molecule has 13 aromatic rings. The molecule has 300 valence electrons. The van der Waals surface area contributed by atoms with Crippen LogP contribution in [0.2, 0.25) is 0 Å². The molecule has 4 heterocycles. The number of nitrogens with two attached hydrogens (primary N) is 1. The highest BCUT2D eigenvalue weighted by Crippen LogP contribution is 2.45. The molecule has 9 aromatic carbocycles. The Morgan fingerprint density at radius 2 is 1.02 bits per heavy atom. The van der Waals surface area contributed by atoms with Gasteiger partial charge in [-0.05, 0) is 59.7 Å². The van der Waals surface area contributed by atoms with Gasteiger partial charge in [0.25, 0.3) is 0 Å². The SMILES string of the molecule is Nc1cc(-c2cc(-c3ccccc3)nc(-c3ccccc3-c3ccccc3)n2)ccc1-n1c2ccccc2c2ccc3c(c4ccccc4n3-c3cccc4c3sc3ccccc34)c21. The van der Waals surface area contributed by atoms with Crippen molar-refractivity contribution in [2.75, 3.05) is 5.73 Å². The maximum absolute atomic E-state index is 7.31. The van der Waals surface area contributed by atoms with Gasteiger partial charge in [-0.15, -0.1) is 11.3 Å². The number of anilines is 1. The van der Waals surface area contributed by atoms with Gasteiger partial charge in [-0.1, -0.05) is 164 Å². The van der Waals surface area contributed by atoms with Gasteiger partial charge in [0, 0.05) is 53.7 Å². The van der Waals surface area contributed by atoms with Crippen molar-refractivity contribution in [3.8, 4) is 56.4 Å². The number of nitrogen functional groups attached to an aromatic ring is 1. The lowest BCUT2D eigenvalue weighted by Gasteiger charge is -2.15. The molecule has 13 rings (SSSR count). The van der Waals surface area contributed by atoms with Gasteiger partial charge >= 0.3 is 0 Å². The minimum absolute atomic E-state index is 0.655. The number of nitrogens with zero attached hydrogens (tertiary/aromatic N) is 4. The summed E-state index contributed by atoms with van der Waals surface area (Å²) < 4.78 is 7.40. The number of aromatic nitrogens is 4. The standard InChI is InChI=1S/C58H37N5S/c59-46-34-38(48-35-47(37-18-5-2-6-19-37)60-58(61-48)44-23-8-7-20-39(44)36-16-3-1-4-17-36)30-32-51(46)63-49-26-12-9-21-40(49)42-31-33-52-55(56(42)63)45-24-10-13-27-50(45)62(52)53-28-15-25-43-41-22-11-14-29-54(41)64-57(43)53/h1-35H,59H2. The third-order valence-corrected chi connectivity index (χ3v) is 13.9. The van der Waals surface area contributed by atoms with Crippen molar-refractivity contribution in [1.29, 1.82) is 0 Å². The van der Waals surface area contributed by atoms with Crippen LogP contribution in [0.1, 0.15) is 0 Å². The van der Waals surface area contributed by atoms with Gasteiger partial charge < -0.3 is 14.9 Å². The lowest BCUT2D eigenvalue weighted by molar-refractivity contribution is 1.17. The summed E-state index contributed by atoms with van der Waals surface area (Å²) in [6.07, 6.45) is 0. The number of thiophene rings is 1. The van der Waals surface area contributed by atoms with Crippen molar-refractivity contribution in [3.05, 3.63) is 212 Å². The van der Waals surface area contributed by atoms with E-state index < -0.39 is 0 Å². The molecule has 0 aliphatic rings. The van der Waals surface area contributed by atoms with E-state index in [4.69, 9.17) is 15.7 Å². The van der Waals surface area contributed by atoms with E-state index in [1.807, 2.05) is 35.6 Å². The molecule has 2 N–H and O–H groups in total. The van der Waals surface area contributed by atoms with Crippen LogP contribution in [0, 0.1) is 0 Å². The molecule has 5 nitrogen and oxygen atoms in total. The van der Waals surface area contributed by atoms with Crippen LogP contribution < -0.4 is 5.73 Å². The number of hydrogen-bond donors (Lipinski definition) is 1.